The number of hydrogen-bond donors (Lipinski definition) is 1. The minimum absolute atomic E-state index is 0.0663. The minimum atomic E-state index is -0.0663. The summed E-state index contributed by atoms with van der Waals surface area (Å²) in [5.74, 6) is 0.485. The number of nitrogens with two attached hydrogens (primary N) is 1. The quantitative estimate of drug-likeness (QED) is 0.685. The standard InChI is InChI=1S/C15H17NO2S/c1-4-18-13-7-5-6-12(16)14(13)15(17)11-8-9(2)19-10(11)3/h5-8H,4,16H2,1-3H3. The van der Waals surface area contributed by atoms with Crippen molar-refractivity contribution in [2.45, 2.75) is 20.8 Å². The monoisotopic (exact) mass is 275 g/mol. The van der Waals surface area contributed by atoms with Crippen molar-refractivity contribution >= 4 is 22.8 Å². The Morgan fingerprint density at radius 2 is 2.11 bits per heavy atom. The van der Waals surface area contributed by atoms with E-state index in [1.54, 1.807) is 29.5 Å². The second-order valence-corrected chi connectivity index (χ2v) is 5.77. The van der Waals surface area contributed by atoms with Crippen LogP contribution in [0.15, 0.2) is 24.3 Å². The van der Waals surface area contributed by atoms with Crippen molar-refractivity contribution < 1.29 is 9.53 Å². The third-order valence-corrected chi connectivity index (χ3v) is 3.84. The van der Waals surface area contributed by atoms with Crippen LogP contribution >= 0.6 is 11.3 Å². The molecule has 0 unspecified atom stereocenters. The maximum atomic E-state index is 12.6. The zero-order valence-electron chi connectivity index (χ0n) is 11.3. The zero-order chi connectivity index (χ0) is 14.0. The first-order valence-electron chi connectivity index (χ1n) is 6.17. The number of carbonyl (C=O) groups excluding carboxylic acids is 1. The normalized spacial score (nSPS) is 10.5. The van der Waals surface area contributed by atoms with Gasteiger partial charge in [0.1, 0.15) is 5.75 Å². The molecule has 2 rings (SSSR count). The Bertz CT molecular complexity index is 617. The number of ketones is 1. The summed E-state index contributed by atoms with van der Waals surface area (Å²) in [6.07, 6.45) is 0. The Kier molecular flexibility index (Phi) is 3.90. The second-order valence-electron chi connectivity index (χ2n) is 4.31. The number of benzene rings is 1. The SMILES string of the molecule is CCOc1cccc(N)c1C(=O)c1cc(C)sc1C. The highest BCUT2D eigenvalue weighted by Crippen LogP contribution is 2.30. The summed E-state index contributed by atoms with van der Waals surface area (Å²) in [5, 5.41) is 0. The molecule has 0 bridgehead atoms. The molecule has 4 heteroatoms. The zero-order valence-corrected chi connectivity index (χ0v) is 12.1. The Morgan fingerprint density at radius 3 is 2.68 bits per heavy atom. The van der Waals surface area contributed by atoms with Crippen LogP contribution in [0.3, 0.4) is 0 Å². The number of aryl methyl sites for hydroxylation is 2. The van der Waals surface area contributed by atoms with E-state index in [1.165, 1.54) is 0 Å². The van der Waals surface area contributed by atoms with Crippen molar-refractivity contribution in [2.75, 3.05) is 12.3 Å². The van der Waals surface area contributed by atoms with E-state index in [-0.39, 0.29) is 5.78 Å². The number of anilines is 1. The largest absolute Gasteiger partial charge is 0.493 e. The summed E-state index contributed by atoms with van der Waals surface area (Å²) in [6, 6.07) is 7.21. The molecule has 1 aromatic heterocycles. The lowest BCUT2D eigenvalue weighted by molar-refractivity contribution is 0.103. The van der Waals surface area contributed by atoms with Crippen LogP contribution in [0.4, 0.5) is 5.69 Å². The molecule has 2 N–H and O–H groups in total. The van der Waals surface area contributed by atoms with Crippen LogP contribution in [-0.4, -0.2) is 12.4 Å². The Balaban J connectivity index is 2.52. The van der Waals surface area contributed by atoms with Gasteiger partial charge in [-0.1, -0.05) is 6.07 Å². The first-order chi connectivity index (χ1) is 9.04. The van der Waals surface area contributed by atoms with Crippen molar-refractivity contribution in [1.82, 2.24) is 0 Å². The van der Waals surface area contributed by atoms with Gasteiger partial charge in [0.2, 0.25) is 0 Å². The minimum Gasteiger partial charge on any atom is -0.493 e. The third kappa shape index (κ3) is 2.63. The van der Waals surface area contributed by atoms with Gasteiger partial charge in [0, 0.05) is 21.0 Å². The molecule has 0 spiro atoms. The molecular weight excluding hydrogens is 258 g/mol. The number of nitrogen functional groups attached to an aromatic ring is 1. The van der Waals surface area contributed by atoms with E-state index in [4.69, 9.17) is 10.5 Å². The van der Waals surface area contributed by atoms with Gasteiger partial charge in [-0.05, 0) is 39.0 Å². The molecular formula is C15H17NO2S. The first kappa shape index (κ1) is 13.6. The summed E-state index contributed by atoms with van der Waals surface area (Å²) < 4.78 is 5.51. The molecule has 0 saturated carbocycles. The predicted molar refractivity (Wildman–Crippen MR) is 79.2 cm³/mol. The van der Waals surface area contributed by atoms with E-state index in [9.17, 15) is 4.79 Å². The van der Waals surface area contributed by atoms with Gasteiger partial charge in [0.25, 0.3) is 0 Å². The van der Waals surface area contributed by atoms with Crippen molar-refractivity contribution in [3.8, 4) is 5.75 Å². The lowest BCUT2D eigenvalue weighted by Gasteiger charge is -2.11. The number of thiophene rings is 1. The van der Waals surface area contributed by atoms with Crippen LogP contribution in [0.1, 0.15) is 32.6 Å². The summed E-state index contributed by atoms with van der Waals surface area (Å²) in [4.78, 5) is 14.8. The van der Waals surface area contributed by atoms with Crippen LogP contribution in [0.5, 0.6) is 5.75 Å². The lowest BCUT2D eigenvalue weighted by Crippen LogP contribution is -2.09. The van der Waals surface area contributed by atoms with E-state index in [0.717, 1.165) is 9.75 Å². The van der Waals surface area contributed by atoms with Gasteiger partial charge in [-0.2, -0.15) is 0 Å². The molecule has 2 aromatic rings. The summed E-state index contributed by atoms with van der Waals surface area (Å²) in [7, 11) is 0. The van der Waals surface area contributed by atoms with Gasteiger partial charge < -0.3 is 10.5 Å². The molecule has 0 radical (unpaired) electrons. The van der Waals surface area contributed by atoms with Crippen molar-refractivity contribution in [3.05, 3.63) is 45.1 Å². The van der Waals surface area contributed by atoms with Gasteiger partial charge in [-0.25, -0.2) is 0 Å². The third-order valence-electron chi connectivity index (χ3n) is 2.87. The number of carbonyl (C=O) groups is 1. The van der Waals surface area contributed by atoms with Gasteiger partial charge in [-0.15, -0.1) is 11.3 Å². The summed E-state index contributed by atoms with van der Waals surface area (Å²) in [6.45, 7) is 6.33. The Labute approximate surface area is 117 Å². The molecule has 1 heterocycles. The van der Waals surface area contributed by atoms with Crippen LogP contribution in [0, 0.1) is 13.8 Å². The molecule has 0 atom stereocenters. The van der Waals surface area contributed by atoms with E-state index in [1.807, 2.05) is 26.8 Å². The average Bonchev–Trinajstić information content (AvgIpc) is 2.68. The first-order valence-corrected chi connectivity index (χ1v) is 6.99. The molecule has 0 fully saturated rings. The van der Waals surface area contributed by atoms with Gasteiger partial charge in [-0.3, -0.25) is 4.79 Å². The Hall–Kier alpha value is -1.81. The lowest BCUT2D eigenvalue weighted by atomic mass is 10.0. The number of rotatable bonds is 4. The molecule has 19 heavy (non-hydrogen) atoms. The molecule has 3 nitrogen and oxygen atoms in total. The molecule has 1 aromatic carbocycles. The molecule has 0 saturated heterocycles. The topological polar surface area (TPSA) is 52.3 Å². The molecule has 0 aliphatic heterocycles. The molecule has 0 aliphatic rings. The van der Waals surface area contributed by atoms with E-state index < -0.39 is 0 Å². The van der Waals surface area contributed by atoms with E-state index in [0.29, 0.717) is 29.2 Å². The van der Waals surface area contributed by atoms with Crippen LogP contribution < -0.4 is 10.5 Å². The van der Waals surface area contributed by atoms with E-state index in [2.05, 4.69) is 0 Å². The smallest absolute Gasteiger partial charge is 0.199 e. The maximum Gasteiger partial charge on any atom is 0.199 e. The number of ether oxygens (including phenoxy) is 1. The Morgan fingerprint density at radius 1 is 1.37 bits per heavy atom. The molecule has 0 amide bonds. The van der Waals surface area contributed by atoms with E-state index >= 15 is 0 Å². The molecule has 0 aliphatic carbocycles. The fourth-order valence-corrected chi connectivity index (χ4v) is 2.98. The van der Waals surface area contributed by atoms with Crippen molar-refractivity contribution in [1.29, 1.82) is 0 Å². The van der Waals surface area contributed by atoms with Gasteiger partial charge in [0.05, 0.1) is 12.2 Å². The van der Waals surface area contributed by atoms with Crippen LogP contribution in [0.25, 0.3) is 0 Å². The highest BCUT2D eigenvalue weighted by molar-refractivity contribution is 7.12. The average molecular weight is 275 g/mol. The fraction of sp³-hybridized carbons (Fsp3) is 0.267. The van der Waals surface area contributed by atoms with Crippen LogP contribution in [0.2, 0.25) is 0 Å². The summed E-state index contributed by atoms with van der Waals surface area (Å²) in [5.41, 5.74) is 7.58. The molecule has 100 valence electrons. The number of hydrogen-bond acceptors (Lipinski definition) is 4. The predicted octanol–water partition coefficient (Wildman–Crippen LogP) is 3.58. The second kappa shape index (κ2) is 5.45. The maximum absolute atomic E-state index is 12.6. The van der Waals surface area contributed by atoms with Gasteiger partial charge in [0.15, 0.2) is 5.78 Å². The fourth-order valence-electron chi connectivity index (χ4n) is 2.06. The van der Waals surface area contributed by atoms with Crippen LogP contribution in [-0.2, 0) is 0 Å². The highest BCUT2D eigenvalue weighted by Gasteiger charge is 2.20. The van der Waals surface area contributed by atoms with Crippen molar-refractivity contribution in [2.24, 2.45) is 0 Å². The summed E-state index contributed by atoms with van der Waals surface area (Å²) >= 11 is 1.61. The highest BCUT2D eigenvalue weighted by atomic mass is 32.1. The van der Waals surface area contributed by atoms with Gasteiger partial charge >= 0.3 is 0 Å². The van der Waals surface area contributed by atoms with Crippen molar-refractivity contribution in [3.63, 3.8) is 0 Å².